The van der Waals surface area contributed by atoms with E-state index in [1.54, 1.807) is 4.68 Å². The van der Waals surface area contributed by atoms with Crippen molar-refractivity contribution >= 4 is 0 Å². The molecule has 0 spiro atoms. The van der Waals surface area contributed by atoms with Gasteiger partial charge in [0.2, 0.25) is 0 Å². The predicted molar refractivity (Wildman–Crippen MR) is 67.5 cm³/mol. The smallest absolute Gasteiger partial charge is 0.164 e. The van der Waals surface area contributed by atoms with Gasteiger partial charge in [-0.2, -0.15) is 5.10 Å². The second-order valence-corrected chi connectivity index (χ2v) is 4.92. The molecule has 1 aliphatic carbocycles. The van der Waals surface area contributed by atoms with Crippen LogP contribution in [0.3, 0.4) is 0 Å². The summed E-state index contributed by atoms with van der Waals surface area (Å²) in [6, 6.07) is 4.05. The molecule has 0 saturated heterocycles. The summed E-state index contributed by atoms with van der Waals surface area (Å²) in [4.78, 5) is 4.06. The van der Waals surface area contributed by atoms with E-state index in [0.717, 1.165) is 25.7 Å². The normalized spacial score (nSPS) is 16.7. The van der Waals surface area contributed by atoms with Crippen LogP contribution in [0.1, 0.15) is 38.1 Å². The summed E-state index contributed by atoms with van der Waals surface area (Å²) in [7, 11) is 0. The minimum atomic E-state index is -0.593. The van der Waals surface area contributed by atoms with Gasteiger partial charge in [0, 0.05) is 0 Å². The highest BCUT2D eigenvalue weighted by Gasteiger charge is 2.23. The van der Waals surface area contributed by atoms with Crippen LogP contribution in [0.5, 0.6) is 0 Å². The Hall–Kier alpha value is -1.78. The van der Waals surface area contributed by atoms with Gasteiger partial charge < -0.3 is 0 Å². The summed E-state index contributed by atoms with van der Waals surface area (Å²) in [6.07, 6.45) is 6.83. The maximum absolute atomic E-state index is 13.8. The molecule has 1 aromatic heterocycles. The van der Waals surface area contributed by atoms with Crippen LogP contribution in [0, 0.1) is 11.6 Å². The highest BCUT2D eigenvalue weighted by Crippen LogP contribution is 2.32. The van der Waals surface area contributed by atoms with Crippen LogP contribution in [0.4, 0.5) is 8.78 Å². The first-order valence-electron chi connectivity index (χ1n) is 6.61. The van der Waals surface area contributed by atoms with E-state index >= 15 is 0 Å². The van der Waals surface area contributed by atoms with E-state index in [4.69, 9.17) is 0 Å². The molecular formula is C14H15F2N3. The number of aromatic nitrogens is 3. The van der Waals surface area contributed by atoms with E-state index in [1.165, 1.54) is 30.9 Å². The highest BCUT2D eigenvalue weighted by molar-refractivity contribution is 5.56. The number of halogens is 2. The van der Waals surface area contributed by atoms with Crippen molar-refractivity contribution in [3.63, 3.8) is 0 Å². The van der Waals surface area contributed by atoms with Gasteiger partial charge in [0.05, 0.1) is 11.6 Å². The van der Waals surface area contributed by atoms with Gasteiger partial charge in [0.1, 0.15) is 18.0 Å². The topological polar surface area (TPSA) is 30.7 Å². The Morgan fingerprint density at radius 3 is 2.42 bits per heavy atom. The van der Waals surface area contributed by atoms with Gasteiger partial charge in [-0.1, -0.05) is 25.3 Å². The van der Waals surface area contributed by atoms with Gasteiger partial charge in [-0.25, -0.2) is 18.4 Å². The molecule has 1 aliphatic rings. The lowest BCUT2D eigenvalue weighted by Crippen LogP contribution is -2.16. The molecule has 3 nitrogen and oxygen atoms in total. The molecule has 3 rings (SSSR count). The second-order valence-electron chi connectivity index (χ2n) is 4.92. The fourth-order valence-electron chi connectivity index (χ4n) is 2.73. The van der Waals surface area contributed by atoms with Crippen molar-refractivity contribution in [3.8, 4) is 11.4 Å². The molecule has 0 radical (unpaired) electrons. The average molecular weight is 263 g/mol. The minimum Gasteiger partial charge on any atom is -0.243 e. The first kappa shape index (κ1) is 12.3. The molecule has 1 heterocycles. The van der Waals surface area contributed by atoms with Crippen LogP contribution in [-0.4, -0.2) is 14.8 Å². The first-order valence-corrected chi connectivity index (χ1v) is 6.61. The molecule has 0 atom stereocenters. The number of benzene rings is 1. The Labute approximate surface area is 110 Å². The molecule has 100 valence electrons. The number of hydrogen-bond donors (Lipinski definition) is 0. The predicted octanol–water partition coefficient (Wildman–Crippen LogP) is 3.73. The maximum atomic E-state index is 13.8. The molecule has 0 aliphatic heterocycles. The molecule has 19 heavy (non-hydrogen) atoms. The molecule has 1 fully saturated rings. The lowest BCUT2D eigenvalue weighted by Gasteiger charge is -2.23. The van der Waals surface area contributed by atoms with E-state index < -0.39 is 11.6 Å². The minimum absolute atomic E-state index is 0.0782. The van der Waals surface area contributed by atoms with Crippen LogP contribution >= 0.6 is 0 Å². The zero-order valence-electron chi connectivity index (χ0n) is 10.5. The Morgan fingerprint density at radius 2 is 1.74 bits per heavy atom. The van der Waals surface area contributed by atoms with Crippen LogP contribution in [0.2, 0.25) is 0 Å². The summed E-state index contributed by atoms with van der Waals surface area (Å²) in [6.45, 7) is 0. The lowest BCUT2D eigenvalue weighted by molar-refractivity contribution is 0.331. The molecule has 2 aromatic rings. The van der Waals surface area contributed by atoms with Crippen LogP contribution in [0.25, 0.3) is 11.4 Å². The third-order valence-corrected chi connectivity index (χ3v) is 3.68. The largest absolute Gasteiger partial charge is 0.243 e. The quantitative estimate of drug-likeness (QED) is 0.826. The van der Waals surface area contributed by atoms with Crippen molar-refractivity contribution in [2.45, 2.75) is 38.1 Å². The van der Waals surface area contributed by atoms with E-state index in [2.05, 4.69) is 10.1 Å². The van der Waals surface area contributed by atoms with E-state index in [0.29, 0.717) is 5.82 Å². The van der Waals surface area contributed by atoms with Crippen molar-refractivity contribution < 1.29 is 8.78 Å². The molecule has 1 aromatic carbocycles. The molecular weight excluding hydrogens is 248 g/mol. The van der Waals surface area contributed by atoms with Crippen molar-refractivity contribution in [1.82, 2.24) is 14.8 Å². The van der Waals surface area contributed by atoms with Gasteiger partial charge >= 0.3 is 0 Å². The molecule has 0 bridgehead atoms. The molecule has 0 N–H and O–H groups in total. The van der Waals surface area contributed by atoms with Gasteiger partial charge in [0.15, 0.2) is 5.82 Å². The van der Waals surface area contributed by atoms with Crippen molar-refractivity contribution in [2.24, 2.45) is 0 Å². The number of hydrogen-bond acceptors (Lipinski definition) is 2. The monoisotopic (exact) mass is 263 g/mol. The van der Waals surface area contributed by atoms with Gasteiger partial charge in [-0.3, -0.25) is 0 Å². The zero-order chi connectivity index (χ0) is 13.2. The average Bonchev–Trinajstić information content (AvgIpc) is 2.89. The second kappa shape index (κ2) is 5.07. The summed E-state index contributed by atoms with van der Waals surface area (Å²) in [5, 5.41) is 4.17. The van der Waals surface area contributed by atoms with Gasteiger partial charge in [0.25, 0.3) is 0 Å². The third kappa shape index (κ3) is 2.25. The summed E-state index contributed by atoms with van der Waals surface area (Å²) in [5.41, 5.74) is -0.0782. The number of nitrogens with zero attached hydrogens (tertiary/aromatic N) is 3. The van der Waals surface area contributed by atoms with Crippen molar-refractivity contribution in [2.75, 3.05) is 0 Å². The summed E-state index contributed by atoms with van der Waals surface area (Å²) < 4.78 is 29.4. The highest BCUT2D eigenvalue weighted by atomic mass is 19.1. The molecule has 1 saturated carbocycles. The van der Waals surface area contributed by atoms with E-state index in [1.807, 2.05) is 0 Å². The van der Waals surface area contributed by atoms with E-state index in [9.17, 15) is 8.78 Å². The van der Waals surface area contributed by atoms with E-state index in [-0.39, 0.29) is 11.6 Å². The van der Waals surface area contributed by atoms with Crippen LogP contribution < -0.4 is 0 Å². The Bertz CT molecular complexity index is 554. The first-order chi connectivity index (χ1) is 9.27. The maximum Gasteiger partial charge on any atom is 0.164 e. The Balaban J connectivity index is 2.04. The molecule has 5 heteroatoms. The lowest BCUT2D eigenvalue weighted by atomic mass is 9.95. The van der Waals surface area contributed by atoms with Gasteiger partial charge in [-0.05, 0) is 25.0 Å². The van der Waals surface area contributed by atoms with Gasteiger partial charge in [-0.15, -0.1) is 0 Å². The third-order valence-electron chi connectivity index (χ3n) is 3.68. The molecule has 0 unspecified atom stereocenters. The fraction of sp³-hybridized carbons (Fsp3) is 0.429. The standard InChI is InChI=1S/C14H15F2N3/c15-11-7-4-8-12(16)13(11)14-17-9-18-19(14)10-5-2-1-3-6-10/h4,7-10H,1-3,5-6H2. The van der Waals surface area contributed by atoms with Crippen LogP contribution in [-0.2, 0) is 0 Å². The summed E-state index contributed by atoms with van der Waals surface area (Å²) in [5.74, 6) is -0.891. The number of rotatable bonds is 2. The van der Waals surface area contributed by atoms with Crippen LogP contribution in [0.15, 0.2) is 24.5 Å². The zero-order valence-corrected chi connectivity index (χ0v) is 10.5. The molecule has 0 amide bonds. The van der Waals surface area contributed by atoms with Crippen molar-refractivity contribution in [1.29, 1.82) is 0 Å². The summed E-state index contributed by atoms with van der Waals surface area (Å²) >= 11 is 0. The SMILES string of the molecule is Fc1cccc(F)c1-c1ncnn1C1CCCCC1. The fourth-order valence-corrected chi connectivity index (χ4v) is 2.73. The Kier molecular flexibility index (Phi) is 3.27. The van der Waals surface area contributed by atoms with Crippen molar-refractivity contribution in [3.05, 3.63) is 36.2 Å². The Morgan fingerprint density at radius 1 is 1.05 bits per heavy atom.